The summed E-state index contributed by atoms with van der Waals surface area (Å²) in [7, 11) is 1.90. The minimum atomic E-state index is -0.427. The van der Waals surface area contributed by atoms with E-state index in [-0.39, 0.29) is 0 Å². The highest BCUT2D eigenvalue weighted by molar-refractivity contribution is 5.13. The minimum absolute atomic E-state index is 0.336. The van der Waals surface area contributed by atoms with E-state index in [0.717, 1.165) is 6.42 Å². The first kappa shape index (κ1) is 7.03. The lowest BCUT2D eigenvalue weighted by Gasteiger charge is -1.97. The largest absolute Gasteiger partial charge is 0.388 e. The van der Waals surface area contributed by atoms with Gasteiger partial charge in [-0.3, -0.25) is 0 Å². The van der Waals surface area contributed by atoms with Gasteiger partial charge in [0.15, 0.2) is 0 Å². The molecule has 54 valence electrons. The van der Waals surface area contributed by atoms with Crippen molar-refractivity contribution in [3.05, 3.63) is 0 Å². The molecule has 0 aromatic rings. The van der Waals surface area contributed by atoms with Crippen LogP contribution in [0.5, 0.6) is 0 Å². The number of nitrogens with one attached hydrogen (secondary N) is 1. The molecule has 0 bridgehead atoms. The van der Waals surface area contributed by atoms with Crippen molar-refractivity contribution in [1.29, 1.82) is 0 Å². The Bertz CT molecular complexity index is 99.5. The van der Waals surface area contributed by atoms with Gasteiger partial charge in [-0.2, -0.15) is 0 Å². The first-order valence-electron chi connectivity index (χ1n) is 3.54. The molecular weight excluding hydrogens is 114 g/mol. The van der Waals surface area contributed by atoms with E-state index in [9.17, 15) is 5.11 Å². The fourth-order valence-corrected chi connectivity index (χ4v) is 1.73. The van der Waals surface area contributed by atoms with Gasteiger partial charge in [0.25, 0.3) is 0 Å². The van der Waals surface area contributed by atoms with Crippen molar-refractivity contribution in [2.45, 2.75) is 31.9 Å². The number of hydrogen-bond donors (Lipinski definition) is 2. The van der Waals surface area contributed by atoms with Crippen LogP contribution in [0.15, 0.2) is 0 Å². The molecule has 0 amide bonds. The van der Waals surface area contributed by atoms with Crippen molar-refractivity contribution in [3.63, 3.8) is 0 Å². The second-order valence-corrected chi connectivity index (χ2v) is 3.01. The summed E-state index contributed by atoms with van der Waals surface area (Å²) in [6.07, 6.45) is 1.07. The van der Waals surface area contributed by atoms with E-state index in [4.69, 9.17) is 0 Å². The maximum Gasteiger partial charge on any atom is 0.0819 e. The van der Waals surface area contributed by atoms with Crippen LogP contribution in [0.1, 0.15) is 20.3 Å². The van der Waals surface area contributed by atoms with Crippen LogP contribution in [-0.4, -0.2) is 23.8 Å². The maximum absolute atomic E-state index is 9.49. The zero-order valence-corrected chi connectivity index (χ0v) is 6.31. The summed E-state index contributed by atoms with van der Waals surface area (Å²) >= 11 is 0. The summed E-state index contributed by atoms with van der Waals surface area (Å²) < 4.78 is 0. The molecule has 0 spiro atoms. The van der Waals surface area contributed by atoms with E-state index < -0.39 is 5.60 Å². The Morgan fingerprint density at radius 3 is 2.33 bits per heavy atom. The van der Waals surface area contributed by atoms with Crippen molar-refractivity contribution in [2.24, 2.45) is 5.92 Å². The molecule has 0 saturated heterocycles. The first-order valence-corrected chi connectivity index (χ1v) is 3.54. The number of hydrogen-bond acceptors (Lipinski definition) is 2. The lowest BCUT2D eigenvalue weighted by Crippen LogP contribution is -2.19. The Balaban J connectivity index is 2.45. The highest BCUT2D eigenvalue weighted by atomic mass is 16.3. The van der Waals surface area contributed by atoms with Crippen LogP contribution in [0.4, 0.5) is 0 Å². The van der Waals surface area contributed by atoms with Crippen molar-refractivity contribution >= 4 is 0 Å². The highest BCUT2D eigenvalue weighted by Gasteiger charge is 2.58. The van der Waals surface area contributed by atoms with Gasteiger partial charge in [-0.15, -0.1) is 0 Å². The van der Waals surface area contributed by atoms with Crippen LogP contribution in [0.3, 0.4) is 0 Å². The molecule has 2 heteroatoms. The summed E-state index contributed by atoms with van der Waals surface area (Å²) in [5.41, 5.74) is -0.427. The molecule has 1 saturated carbocycles. The van der Waals surface area contributed by atoms with Crippen molar-refractivity contribution in [1.82, 2.24) is 5.32 Å². The molecule has 1 fully saturated rings. The fourth-order valence-electron chi connectivity index (χ4n) is 1.73. The quantitative estimate of drug-likeness (QED) is 0.564. The number of likely N-dealkylation sites (N-methyl/N-ethyl adjacent to an activating group) is 1. The van der Waals surface area contributed by atoms with E-state index in [1.54, 1.807) is 0 Å². The molecule has 1 rings (SSSR count). The number of aliphatic hydroxyl groups is 1. The molecule has 2 N–H and O–H groups in total. The monoisotopic (exact) mass is 129 g/mol. The molecule has 0 aliphatic heterocycles. The Labute approximate surface area is 56.3 Å². The molecule has 1 aliphatic carbocycles. The van der Waals surface area contributed by atoms with E-state index in [0.29, 0.717) is 12.0 Å². The molecule has 2 nitrogen and oxygen atoms in total. The smallest absolute Gasteiger partial charge is 0.0819 e. The van der Waals surface area contributed by atoms with Crippen molar-refractivity contribution < 1.29 is 5.11 Å². The Hall–Kier alpha value is -0.0800. The molecule has 0 radical (unpaired) electrons. The molecule has 1 aliphatic rings. The summed E-state index contributed by atoms with van der Waals surface area (Å²) in [6.45, 7) is 4.00. The van der Waals surface area contributed by atoms with Crippen molar-refractivity contribution in [2.75, 3.05) is 7.05 Å². The third kappa shape index (κ3) is 0.864. The second kappa shape index (κ2) is 1.96. The van der Waals surface area contributed by atoms with Crippen LogP contribution in [-0.2, 0) is 0 Å². The third-order valence-electron chi connectivity index (χ3n) is 2.42. The summed E-state index contributed by atoms with van der Waals surface area (Å²) in [5, 5.41) is 12.6. The lowest BCUT2D eigenvalue weighted by molar-refractivity contribution is 0.143. The lowest BCUT2D eigenvalue weighted by atomic mass is 10.2. The highest BCUT2D eigenvalue weighted by Crippen LogP contribution is 2.44. The number of rotatable bonds is 2. The molecule has 0 aromatic carbocycles. The third-order valence-corrected chi connectivity index (χ3v) is 2.42. The van der Waals surface area contributed by atoms with Crippen LogP contribution in [0, 0.1) is 5.92 Å². The fraction of sp³-hybridized carbons (Fsp3) is 1.00. The predicted molar refractivity (Wildman–Crippen MR) is 37.3 cm³/mol. The molecular formula is C7H15NO. The Kier molecular flexibility index (Phi) is 1.53. The van der Waals surface area contributed by atoms with Gasteiger partial charge in [0.05, 0.1) is 5.60 Å². The zero-order chi connectivity index (χ0) is 7.07. The van der Waals surface area contributed by atoms with E-state index in [1.165, 1.54) is 0 Å². The van der Waals surface area contributed by atoms with Gasteiger partial charge in [0, 0.05) is 12.0 Å². The summed E-state index contributed by atoms with van der Waals surface area (Å²) in [5.74, 6) is 0.475. The van der Waals surface area contributed by atoms with Gasteiger partial charge in [0.2, 0.25) is 0 Å². The molecule has 3 unspecified atom stereocenters. The van der Waals surface area contributed by atoms with Crippen LogP contribution >= 0.6 is 0 Å². The SMILES string of the molecule is CCC1C(NC)C1(C)O. The maximum atomic E-state index is 9.49. The normalized spacial score (nSPS) is 49.3. The molecule has 9 heavy (non-hydrogen) atoms. The van der Waals surface area contributed by atoms with Crippen molar-refractivity contribution in [3.8, 4) is 0 Å². The predicted octanol–water partition coefficient (Wildman–Crippen LogP) is 0.365. The van der Waals surface area contributed by atoms with Gasteiger partial charge in [-0.1, -0.05) is 6.92 Å². The second-order valence-electron chi connectivity index (χ2n) is 3.01. The van der Waals surface area contributed by atoms with Gasteiger partial charge in [0.1, 0.15) is 0 Å². The van der Waals surface area contributed by atoms with Gasteiger partial charge < -0.3 is 10.4 Å². The topological polar surface area (TPSA) is 32.3 Å². The van der Waals surface area contributed by atoms with Gasteiger partial charge in [-0.25, -0.2) is 0 Å². The molecule has 3 atom stereocenters. The standard InChI is InChI=1S/C7H15NO/c1-4-5-6(8-3)7(5,2)9/h5-6,8-9H,4H2,1-3H3. The summed E-state index contributed by atoms with van der Waals surface area (Å²) in [6, 6.07) is 0.336. The van der Waals surface area contributed by atoms with E-state index >= 15 is 0 Å². The minimum Gasteiger partial charge on any atom is -0.388 e. The van der Waals surface area contributed by atoms with Crippen LogP contribution in [0.25, 0.3) is 0 Å². The van der Waals surface area contributed by atoms with Crippen LogP contribution < -0.4 is 5.32 Å². The van der Waals surface area contributed by atoms with Gasteiger partial charge >= 0.3 is 0 Å². The first-order chi connectivity index (χ1) is 4.14. The Morgan fingerprint density at radius 1 is 1.67 bits per heavy atom. The Morgan fingerprint density at radius 2 is 2.22 bits per heavy atom. The average Bonchev–Trinajstić information content (AvgIpc) is 2.32. The van der Waals surface area contributed by atoms with E-state index in [2.05, 4.69) is 12.2 Å². The average molecular weight is 129 g/mol. The zero-order valence-electron chi connectivity index (χ0n) is 6.31. The molecule has 0 heterocycles. The van der Waals surface area contributed by atoms with E-state index in [1.807, 2.05) is 14.0 Å². The summed E-state index contributed by atoms with van der Waals surface area (Å²) in [4.78, 5) is 0. The van der Waals surface area contributed by atoms with Crippen LogP contribution in [0.2, 0.25) is 0 Å². The van der Waals surface area contributed by atoms with Gasteiger partial charge in [-0.05, 0) is 20.4 Å². The molecule has 0 aromatic heterocycles.